The molecular formula is C30H34N4O5. The molecular weight excluding hydrogens is 496 g/mol. The number of rotatable bonds is 9. The van der Waals surface area contributed by atoms with Gasteiger partial charge in [0, 0.05) is 37.6 Å². The number of carbonyl (C=O) groups excluding carboxylic acids is 2. The topological polar surface area (TPSA) is 106 Å². The molecule has 0 bridgehead atoms. The number of ketones is 1. The minimum absolute atomic E-state index is 0.120. The Hall–Kier alpha value is -3.95. The van der Waals surface area contributed by atoms with Crippen molar-refractivity contribution >= 4 is 33.5 Å². The van der Waals surface area contributed by atoms with Gasteiger partial charge in [-0.15, -0.1) is 0 Å². The van der Waals surface area contributed by atoms with E-state index in [1.807, 2.05) is 30.3 Å². The van der Waals surface area contributed by atoms with Crippen LogP contribution in [-0.2, 0) is 13.6 Å². The van der Waals surface area contributed by atoms with Gasteiger partial charge in [0.25, 0.3) is 11.5 Å². The minimum Gasteiger partial charge on any atom is -0.493 e. The molecule has 1 amide bonds. The summed E-state index contributed by atoms with van der Waals surface area (Å²) in [6, 6.07) is 16.3. The van der Waals surface area contributed by atoms with E-state index in [1.165, 1.54) is 11.7 Å². The highest BCUT2D eigenvalue weighted by Crippen LogP contribution is 2.34. The number of para-hydroxylation sites is 1. The van der Waals surface area contributed by atoms with Crippen LogP contribution in [0.4, 0.5) is 0 Å². The number of nitrogens with one attached hydrogen (secondary N) is 1. The molecule has 0 saturated carbocycles. The Morgan fingerprint density at radius 1 is 1.10 bits per heavy atom. The van der Waals surface area contributed by atoms with Crippen LogP contribution in [0, 0.1) is 5.92 Å². The number of fused-ring (bicyclic) bond motifs is 3. The van der Waals surface area contributed by atoms with E-state index in [0.717, 1.165) is 31.3 Å². The zero-order valence-electron chi connectivity index (χ0n) is 22.4. The number of aliphatic hydroxyl groups excluding tert-OH is 1. The zero-order chi connectivity index (χ0) is 27.5. The number of benzene rings is 2. The van der Waals surface area contributed by atoms with Crippen LogP contribution < -0.4 is 15.6 Å². The Kier molecular flexibility index (Phi) is 7.81. The maximum atomic E-state index is 13.9. The summed E-state index contributed by atoms with van der Waals surface area (Å²) in [5, 5.41) is 13.4. The first-order valence-corrected chi connectivity index (χ1v) is 13.3. The third kappa shape index (κ3) is 5.07. The molecule has 1 aliphatic heterocycles. The first-order chi connectivity index (χ1) is 18.9. The lowest BCUT2D eigenvalue weighted by Crippen LogP contribution is -2.42. The van der Waals surface area contributed by atoms with Crippen LogP contribution in [0.15, 0.2) is 59.4 Å². The summed E-state index contributed by atoms with van der Waals surface area (Å²) in [4.78, 5) is 42.8. The Morgan fingerprint density at radius 2 is 1.85 bits per heavy atom. The predicted molar refractivity (Wildman–Crippen MR) is 151 cm³/mol. The van der Waals surface area contributed by atoms with E-state index in [9.17, 15) is 19.5 Å². The second kappa shape index (κ2) is 11.4. The van der Waals surface area contributed by atoms with Crippen molar-refractivity contribution in [2.24, 2.45) is 13.0 Å². The third-order valence-corrected chi connectivity index (χ3v) is 7.65. The van der Waals surface area contributed by atoms with Crippen LogP contribution >= 0.6 is 0 Å². The number of aryl methyl sites for hydroxylation is 1. The fraction of sp³-hybridized carbons (Fsp3) is 0.367. The van der Waals surface area contributed by atoms with Crippen molar-refractivity contribution in [1.82, 2.24) is 19.4 Å². The number of hydrogen-bond acceptors (Lipinski definition) is 6. The van der Waals surface area contributed by atoms with Crippen LogP contribution in [0.5, 0.6) is 5.75 Å². The van der Waals surface area contributed by atoms with Gasteiger partial charge in [-0.05, 0) is 31.4 Å². The largest absolute Gasteiger partial charge is 0.493 e. The number of aromatic nitrogens is 2. The maximum Gasteiger partial charge on any atom is 0.271 e. The highest BCUT2D eigenvalue weighted by molar-refractivity contribution is 6.12. The van der Waals surface area contributed by atoms with Gasteiger partial charge in [0.1, 0.15) is 5.39 Å². The molecule has 39 heavy (non-hydrogen) atoms. The van der Waals surface area contributed by atoms with E-state index in [0.29, 0.717) is 29.7 Å². The van der Waals surface area contributed by atoms with Crippen molar-refractivity contribution in [3.8, 4) is 5.75 Å². The number of ether oxygens (including phenoxy) is 1. The van der Waals surface area contributed by atoms with Crippen molar-refractivity contribution in [3.63, 3.8) is 0 Å². The van der Waals surface area contributed by atoms with Gasteiger partial charge < -0.3 is 24.6 Å². The second-order valence-corrected chi connectivity index (χ2v) is 10.1. The fourth-order valence-electron chi connectivity index (χ4n) is 5.78. The number of amides is 1. The van der Waals surface area contributed by atoms with Gasteiger partial charge in [0.05, 0.1) is 31.3 Å². The standard InChI is InChI=1S/C30H34N4O5/c1-32-26-22-12-6-7-13-23(22)34(19-24(36)21-10-4-3-5-11-21)30(38)25(26)28(39-2)27(32)29(37)31-17-20-9-8-14-33(18-20)15-16-35/h3-7,10-13,20,35H,8-9,14-19H2,1-2H3,(H,31,37). The summed E-state index contributed by atoms with van der Waals surface area (Å²) in [5.74, 6) is -0.0257. The van der Waals surface area contributed by atoms with Crippen molar-refractivity contribution in [2.45, 2.75) is 19.4 Å². The maximum absolute atomic E-state index is 13.9. The lowest BCUT2D eigenvalue weighted by molar-refractivity contribution is 0.0913. The number of nitrogens with zero attached hydrogens (tertiary/aromatic N) is 3. The van der Waals surface area contributed by atoms with Crippen molar-refractivity contribution in [3.05, 3.63) is 76.2 Å². The molecule has 2 N–H and O–H groups in total. The Morgan fingerprint density at radius 3 is 2.59 bits per heavy atom. The predicted octanol–water partition coefficient (Wildman–Crippen LogP) is 2.82. The van der Waals surface area contributed by atoms with E-state index < -0.39 is 0 Å². The highest BCUT2D eigenvalue weighted by atomic mass is 16.5. The van der Waals surface area contributed by atoms with E-state index in [4.69, 9.17) is 4.74 Å². The quantitative estimate of drug-likeness (QED) is 0.323. The molecule has 4 aromatic rings. The summed E-state index contributed by atoms with van der Waals surface area (Å²) < 4.78 is 8.88. The normalized spacial score (nSPS) is 16.0. The summed E-state index contributed by atoms with van der Waals surface area (Å²) >= 11 is 0. The van der Waals surface area contributed by atoms with Crippen LogP contribution in [-0.4, -0.2) is 70.7 Å². The number of β-amino-alcohol motifs (C(OH)–C–C–N with tert-alkyl or cyclic N) is 1. The lowest BCUT2D eigenvalue weighted by atomic mass is 9.98. The Labute approximate surface area is 226 Å². The van der Waals surface area contributed by atoms with Crippen LogP contribution in [0.1, 0.15) is 33.7 Å². The van der Waals surface area contributed by atoms with Gasteiger partial charge >= 0.3 is 0 Å². The van der Waals surface area contributed by atoms with Crippen molar-refractivity contribution < 1.29 is 19.4 Å². The molecule has 2 aromatic carbocycles. The van der Waals surface area contributed by atoms with E-state index in [2.05, 4.69) is 10.2 Å². The van der Waals surface area contributed by atoms with E-state index >= 15 is 0 Å². The molecule has 0 radical (unpaired) electrons. The molecule has 5 rings (SSSR count). The molecule has 1 atom stereocenters. The number of pyridine rings is 1. The summed E-state index contributed by atoms with van der Waals surface area (Å²) in [7, 11) is 3.21. The van der Waals surface area contributed by atoms with E-state index in [-0.39, 0.29) is 53.1 Å². The monoisotopic (exact) mass is 530 g/mol. The number of carbonyl (C=O) groups is 2. The van der Waals surface area contributed by atoms with Gasteiger partial charge in [-0.25, -0.2) is 0 Å². The third-order valence-electron chi connectivity index (χ3n) is 7.65. The number of Topliss-reactive ketones (excluding diaryl/α,β-unsaturated/α-hetero) is 1. The number of hydrogen-bond donors (Lipinski definition) is 2. The molecule has 1 fully saturated rings. The molecule has 0 aliphatic carbocycles. The van der Waals surface area contributed by atoms with Crippen LogP contribution in [0.2, 0.25) is 0 Å². The van der Waals surface area contributed by atoms with Crippen molar-refractivity contribution in [1.29, 1.82) is 0 Å². The van der Waals surface area contributed by atoms with Gasteiger partial charge in [0.2, 0.25) is 0 Å². The molecule has 3 heterocycles. The molecule has 9 heteroatoms. The molecule has 1 saturated heterocycles. The van der Waals surface area contributed by atoms with Gasteiger partial charge in [-0.2, -0.15) is 0 Å². The lowest BCUT2D eigenvalue weighted by Gasteiger charge is -2.32. The summed E-state index contributed by atoms with van der Waals surface area (Å²) in [5.41, 5.74) is 1.61. The zero-order valence-corrected chi connectivity index (χ0v) is 22.4. The molecule has 2 aromatic heterocycles. The average molecular weight is 531 g/mol. The average Bonchev–Trinajstić information content (AvgIpc) is 3.27. The minimum atomic E-state index is -0.383. The molecule has 9 nitrogen and oxygen atoms in total. The molecule has 0 spiro atoms. The number of methoxy groups -OCH3 is 1. The fourth-order valence-corrected chi connectivity index (χ4v) is 5.78. The summed E-state index contributed by atoms with van der Waals surface area (Å²) in [6.45, 7) is 2.88. The van der Waals surface area contributed by atoms with E-state index in [1.54, 1.807) is 35.9 Å². The van der Waals surface area contributed by atoms with Crippen molar-refractivity contribution in [2.75, 3.05) is 39.9 Å². The van der Waals surface area contributed by atoms with Gasteiger partial charge in [-0.1, -0.05) is 48.5 Å². The smallest absolute Gasteiger partial charge is 0.271 e. The highest BCUT2D eigenvalue weighted by Gasteiger charge is 2.28. The number of aliphatic hydroxyl groups is 1. The number of likely N-dealkylation sites (tertiary alicyclic amines) is 1. The van der Waals surface area contributed by atoms with Crippen LogP contribution in [0.3, 0.4) is 0 Å². The summed E-state index contributed by atoms with van der Waals surface area (Å²) in [6.07, 6.45) is 2.02. The molecule has 1 aliphatic rings. The Bertz CT molecular complexity index is 1570. The SMILES string of the molecule is COc1c(C(=O)NCC2CCCN(CCO)C2)n(C)c2c1c(=O)n(CC(=O)c1ccccc1)c1ccccc21. The first kappa shape index (κ1) is 26.6. The molecule has 1 unspecified atom stereocenters. The van der Waals surface area contributed by atoms with Gasteiger partial charge in [0.15, 0.2) is 17.2 Å². The molecule has 204 valence electrons. The van der Waals surface area contributed by atoms with Gasteiger partial charge in [-0.3, -0.25) is 19.0 Å². The number of piperidine rings is 1. The Balaban J connectivity index is 1.54. The second-order valence-electron chi connectivity index (χ2n) is 10.1. The first-order valence-electron chi connectivity index (χ1n) is 13.3. The van der Waals surface area contributed by atoms with Crippen LogP contribution in [0.25, 0.3) is 21.8 Å².